The van der Waals surface area contributed by atoms with E-state index in [2.05, 4.69) is 20.6 Å². The lowest BCUT2D eigenvalue weighted by Gasteiger charge is -2.24. The topological polar surface area (TPSA) is 260 Å². The molecule has 1 aromatic heterocycles. The van der Waals surface area contributed by atoms with Gasteiger partial charge in [-0.15, -0.1) is 0 Å². The summed E-state index contributed by atoms with van der Waals surface area (Å²) in [5.41, 5.74) is 11.5. The molecule has 194 valence electrons. The standard InChI is InChI=1S/C19H29N7O8S/c1-35-3-2-11(24-16(30)10(20)4-9-7-22-8-23-9)17(31)25-12(6-15(28)29)18(32)26-13(19(33)34)5-14(21)27/h7-8,10-13H,2-6,20H2,1H3,(H2,21,27)(H,22,23)(H,24,30)(H,25,31)(H,26,32)(H,28,29)(H,33,34). The van der Waals surface area contributed by atoms with E-state index >= 15 is 0 Å². The van der Waals surface area contributed by atoms with Crippen LogP contribution in [0.4, 0.5) is 0 Å². The fourth-order valence-corrected chi connectivity index (χ4v) is 3.31. The molecule has 4 unspecified atom stereocenters. The van der Waals surface area contributed by atoms with Crippen molar-refractivity contribution in [3.8, 4) is 0 Å². The average molecular weight is 516 g/mol. The van der Waals surface area contributed by atoms with Gasteiger partial charge >= 0.3 is 11.9 Å². The number of rotatable bonds is 16. The van der Waals surface area contributed by atoms with Crippen molar-refractivity contribution in [3.63, 3.8) is 0 Å². The van der Waals surface area contributed by atoms with Crippen molar-refractivity contribution in [2.45, 2.75) is 49.9 Å². The fraction of sp³-hybridized carbons (Fsp3) is 0.526. The third kappa shape index (κ3) is 10.9. The van der Waals surface area contributed by atoms with Gasteiger partial charge in [-0.3, -0.25) is 24.0 Å². The van der Waals surface area contributed by atoms with E-state index in [0.29, 0.717) is 11.4 Å². The Bertz CT molecular complexity index is 911. The van der Waals surface area contributed by atoms with E-state index in [4.69, 9.17) is 21.7 Å². The fourth-order valence-electron chi connectivity index (χ4n) is 2.84. The molecule has 15 nitrogen and oxygen atoms in total. The van der Waals surface area contributed by atoms with Crippen LogP contribution in [0.1, 0.15) is 25.0 Å². The third-order valence-corrected chi connectivity index (χ3v) is 5.25. The van der Waals surface area contributed by atoms with Crippen molar-refractivity contribution in [2.75, 3.05) is 12.0 Å². The van der Waals surface area contributed by atoms with Gasteiger partial charge in [0.15, 0.2) is 0 Å². The molecule has 0 aromatic carbocycles. The van der Waals surface area contributed by atoms with E-state index in [0.717, 1.165) is 0 Å². The zero-order chi connectivity index (χ0) is 26.5. The van der Waals surface area contributed by atoms with E-state index in [9.17, 15) is 28.8 Å². The maximum absolute atomic E-state index is 12.9. The molecule has 0 radical (unpaired) electrons. The second-order valence-corrected chi connectivity index (χ2v) is 8.44. The number of amides is 4. The van der Waals surface area contributed by atoms with Crippen molar-refractivity contribution >= 4 is 47.3 Å². The van der Waals surface area contributed by atoms with Crippen LogP contribution < -0.4 is 27.4 Å². The van der Waals surface area contributed by atoms with Crippen LogP contribution >= 0.6 is 11.8 Å². The van der Waals surface area contributed by atoms with Crippen LogP contribution in [-0.4, -0.2) is 91.9 Å². The first-order valence-electron chi connectivity index (χ1n) is 10.3. The Balaban J connectivity index is 2.94. The Morgan fingerprint density at radius 1 is 1.00 bits per heavy atom. The van der Waals surface area contributed by atoms with Gasteiger partial charge in [0, 0.05) is 18.3 Å². The number of primary amides is 1. The second kappa shape index (κ2) is 14.6. The molecule has 0 bridgehead atoms. The summed E-state index contributed by atoms with van der Waals surface area (Å²) >= 11 is 1.38. The molecule has 1 heterocycles. The Morgan fingerprint density at radius 2 is 1.60 bits per heavy atom. The lowest BCUT2D eigenvalue weighted by atomic mass is 10.1. The van der Waals surface area contributed by atoms with Crippen LogP contribution in [0, 0.1) is 0 Å². The smallest absolute Gasteiger partial charge is 0.326 e. The zero-order valence-electron chi connectivity index (χ0n) is 18.9. The number of hydrogen-bond acceptors (Lipinski definition) is 9. The number of carboxylic acids is 2. The molecule has 0 spiro atoms. The van der Waals surface area contributed by atoms with E-state index in [1.165, 1.54) is 24.3 Å². The predicted octanol–water partition coefficient (Wildman–Crippen LogP) is -3.08. The van der Waals surface area contributed by atoms with Crippen molar-refractivity contribution in [1.29, 1.82) is 0 Å². The molecular weight excluding hydrogens is 486 g/mol. The number of carbonyl (C=O) groups is 6. The van der Waals surface area contributed by atoms with Gasteiger partial charge in [-0.25, -0.2) is 9.78 Å². The maximum atomic E-state index is 12.9. The van der Waals surface area contributed by atoms with Gasteiger partial charge in [-0.05, 0) is 18.4 Å². The van der Waals surface area contributed by atoms with Crippen LogP contribution in [0.15, 0.2) is 12.5 Å². The van der Waals surface area contributed by atoms with Crippen molar-refractivity contribution < 1.29 is 39.0 Å². The Labute approximate surface area is 204 Å². The van der Waals surface area contributed by atoms with Gasteiger partial charge in [0.05, 0.1) is 25.2 Å². The first-order chi connectivity index (χ1) is 16.4. The van der Waals surface area contributed by atoms with Crippen LogP contribution in [0.25, 0.3) is 0 Å². The van der Waals surface area contributed by atoms with E-state index in [-0.39, 0.29) is 12.8 Å². The molecule has 1 rings (SSSR count). The van der Waals surface area contributed by atoms with Gasteiger partial charge in [0.25, 0.3) is 0 Å². The van der Waals surface area contributed by atoms with E-state index in [1.807, 2.05) is 5.32 Å². The number of aromatic nitrogens is 2. The summed E-state index contributed by atoms with van der Waals surface area (Å²) in [6, 6.07) is -5.60. The van der Waals surface area contributed by atoms with Crippen molar-refractivity contribution in [3.05, 3.63) is 18.2 Å². The summed E-state index contributed by atoms with van der Waals surface area (Å²) < 4.78 is 0. The number of carboxylic acid groups (broad SMARTS) is 2. The number of aromatic amines is 1. The highest BCUT2D eigenvalue weighted by Gasteiger charge is 2.32. The normalized spacial score (nSPS) is 14.1. The minimum absolute atomic E-state index is 0.114. The largest absolute Gasteiger partial charge is 0.481 e. The molecule has 0 aliphatic rings. The number of aliphatic carboxylic acids is 2. The van der Waals surface area contributed by atoms with Crippen molar-refractivity contribution in [1.82, 2.24) is 25.9 Å². The van der Waals surface area contributed by atoms with Gasteiger partial charge in [0.2, 0.25) is 23.6 Å². The number of nitrogens with one attached hydrogen (secondary N) is 4. The monoisotopic (exact) mass is 515 g/mol. The second-order valence-electron chi connectivity index (χ2n) is 7.46. The van der Waals surface area contributed by atoms with E-state index in [1.54, 1.807) is 6.26 Å². The highest BCUT2D eigenvalue weighted by Crippen LogP contribution is 2.05. The van der Waals surface area contributed by atoms with Crippen molar-refractivity contribution in [2.24, 2.45) is 11.5 Å². The highest BCUT2D eigenvalue weighted by molar-refractivity contribution is 7.98. The maximum Gasteiger partial charge on any atom is 0.326 e. The molecule has 0 saturated heterocycles. The molecule has 0 aliphatic carbocycles. The minimum atomic E-state index is -1.72. The first kappa shape index (κ1) is 29.4. The van der Waals surface area contributed by atoms with Crippen LogP contribution in [0.3, 0.4) is 0 Å². The summed E-state index contributed by atoms with van der Waals surface area (Å²) in [6.45, 7) is 0. The SMILES string of the molecule is CSCCC(NC(=O)C(N)Cc1cnc[nH]1)C(=O)NC(CC(=O)O)C(=O)NC(CC(N)=O)C(=O)O. The molecule has 0 aliphatic heterocycles. The van der Waals surface area contributed by atoms with Gasteiger partial charge in [-0.2, -0.15) is 11.8 Å². The summed E-state index contributed by atoms with van der Waals surface area (Å²) in [5, 5.41) is 25.0. The Hall–Kier alpha value is -3.66. The minimum Gasteiger partial charge on any atom is -0.481 e. The lowest BCUT2D eigenvalue weighted by molar-refractivity contribution is -0.144. The summed E-state index contributed by atoms with van der Waals surface area (Å²) in [5.74, 6) is -6.30. The number of hydrogen-bond donors (Lipinski definition) is 8. The number of carbonyl (C=O) groups excluding carboxylic acids is 4. The molecular formula is C19H29N7O8S. The Morgan fingerprint density at radius 3 is 2.11 bits per heavy atom. The number of nitrogens with zero attached hydrogens (tertiary/aromatic N) is 1. The molecule has 0 saturated carbocycles. The average Bonchev–Trinajstić information content (AvgIpc) is 3.27. The quantitative estimate of drug-likeness (QED) is 0.109. The van der Waals surface area contributed by atoms with Gasteiger partial charge in [0.1, 0.15) is 18.1 Å². The molecule has 4 atom stereocenters. The molecule has 35 heavy (non-hydrogen) atoms. The van der Waals surface area contributed by atoms with E-state index < -0.39 is 72.6 Å². The Kier molecular flexibility index (Phi) is 12.2. The molecule has 4 amide bonds. The highest BCUT2D eigenvalue weighted by atomic mass is 32.2. The number of imidazole rings is 1. The molecule has 0 fully saturated rings. The number of H-pyrrole nitrogens is 1. The predicted molar refractivity (Wildman–Crippen MR) is 123 cm³/mol. The molecule has 16 heteroatoms. The first-order valence-corrected chi connectivity index (χ1v) is 11.7. The van der Waals surface area contributed by atoms with Crippen LogP contribution in [-0.2, 0) is 35.2 Å². The molecule has 1 aromatic rings. The summed E-state index contributed by atoms with van der Waals surface area (Å²) in [4.78, 5) is 78.1. The zero-order valence-corrected chi connectivity index (χ0v) is 19.7. The van der Waals surface area contributed by atoms with Crippen LogP contribution in [0.5, 0.6) is 0 Å². The van der Waals surface area contributed by atoms with Crippen LogP contribution in [0.2, 0.25) is 0 Å². The lowest BCUT2D eigenvalue weighted by Crippen LogP contribution is -2.58. The van der Waals surface area contributed by atoms with Gasteiger partial charge in [-0.1, -0.05) is 0 Å². The number of thioether (sulfide) groups is 1. The third-order valence-electron chi connectivity index (χ3n) is 4.61. The summed E-state index contributed by atoms with van der Waals surface area (Å²) in [7, 11) is 0. The van der Waals surface area contributed by atoms with Gasteiger partial charge < -0.3 is 42.6 Å². The molecule has 10 N–H and O–H groups in total. The summed E-state index contributed by atoms with van der Waals surface area (Å²) in [6.07, 6.45) is 3.30. The number of nitrogens with two attached hydrogens (primary N) is 2.